The molecule has 20 heavy (non-hydrogen) atoms. The van der Waals surface area contributed by atoms with E-state index in [1.54, 1.807) is 0 Å². The van der Waals surface area contributed by atoms with E-state index in [2.05, 4.69) is 10.6 Å². The quantitative estimate of drug-likeness (QED) is 0.847. The predicted octanol–water partition coefficient (Wildman–Crippen LogP) is 2.78. The zero-order valence-corrected chi connectivity index (χ0v) is 12.6. The van der Waals surface area contributed by atoms with Gasteiger partial charge in [0.15, 0.2) is 0 Å². The highest BCUT2D eigenvalue weighted by atomic mass is 35.5. The lowest BCUT2D eigenvalue weighted by Gasteiger charge is -2.22. The van der Waals surface area contributed by atoms with Gasteiger partial charge in [0.25, 0.3) is 0 Å². The Morgan fingerprint density at radius 1 is 1.35 bits per heavy atom. The molecule has 2 N–H and O–H groups in total. The third-order valence-electron chi connectivity index (χ3n) is 3.77. The second kappa shape index (κ2) is 8.28. The van der Waals surface area contributed by atoms with Crippen LogP contribution in [0.15, 0.2) is 24.3 Å². The molecular weight excluding hydrogens is 272 g/mol. The molecule has 1 aliphatic rings. The van der Waals surface area contributed by atoms with Crippen molar-refractivity contribution < 1.29 is 4.79 Å². The van der Waals surface area contributed by atoms with E-state index < -0.39 is 0 Å². The number of amides is 1. The van der Waals surface area contributed by atoms with Gasteiger partial charge < -0.3 is 10.6 Å². The normalized spacial score (nSPS) is 18.8. The van der Waals surface area contributed by atoms with Crippen LogP contribution in [0.2, 0.25) is 5.02 Å². The standard InChI is InChI=1S/C16H23ClN2O/c17-15-8-6-13(7-9-15)3-1-5-16(20)19-12-14-4-2-10-18-11-14/h6-9,14,18H,1-5,10-12H2,(H,19,20)/t14-/m0/s1. The van der Waals surface area contributed by atoms with E-state index >= 15 is 0 Å². The van der Waals surface area contributed by atoms with Gasteiger partial charge in [-0.3, -0.25) is 4.79 Å². The Morgan fingerprint density at radius 2 is 2.15 bits per heavy atom. The van der Waals surface area contributed by atoms with Gasteiger partial charge in [-0.15, -0.1) is 0 Å². The second-order valence-corrected chi connectivity index (χ2v) is 5.93. The number of benzene rings is 1. The monoisotopic (exact) mass is 294 g/mol. The van der Waals surface area contributed by atoms with Gasteiger partial charge >= 0.3 is 0 Å². The third-order valence-corrected chi connectivity index (χ3v) is 4.02. The van der Waals surface area contributed by atoms with Crippen LogP contribution in [0.3, 0.4) is 0 Å². The molecule has 4 heteroatoms. The summed E-state index contributed by atoms with van der Waals surface area (Å²) in [5.41, 5.74) is 1.23. The largest absolute Gasteiger partial charge is 0.356 e. The molecule has 1 saturated heterocycles. The van der Waals surface area contributed by atoms with Crippen molar-refractivity contribution in [2.24, 2.45) is 5.92 Å². The van der Waals surface area contributed by atoms with Crippen molar-refractivity contribution >= 4 is 17.5 Å². The molecule has 1 aromatic carbocycles. The molecule has 0 unspecified atom stereocenters. The second-order valence-electron chi connectivity index (χ2n) is 5.50. The van der Waals surface area contributed by atoms with Gasteiger partial charge in [-0.2, -0.15) is 0 Å². The topological polar surface area (TPSA) is 41.1 Å². The van der Waals surface area contributed by atoms with E-state index in [0.717, 1.165) is 37.5 Å². The summed E-state index contributed by atoms with van der Waals surface area (Å²) < 4.78 is 0. The van der Waals surface area contributed by atoms with Crippen molar-refractivity contribution in [1.82, 2.24) is 10.6 Å². The van der Waals surface area contributed by atoms with Crippen LogP contribution in [0.1, 0.15) is 31.2 Å². The van der Waals surface area contributed by atoms with Gasteiger partial charge in [0.05, 0.1) is 0 Å². The van der Waals surface area contributed by atoms with E-state index in [-0.39, 0.29) is 5.91 Å². The SMILES string of the molecule is O=C(CCCc1ccc(Cl)cc1)NC[C@H]1CCCNC1. The van der Waals surface area contributed by atoms with Crippen LogP contribution in [0.4, 0.5) is 0 Å². The van der Waals surface area contributed by atoms with Crippen LogP contribution in [-0.4, -0.2) is 25.5 Å². The lowest BCUT2D eigenvalue weighted by atomic mass is 10.00. The van der Waals surface area contributed by atoms with Crippen molar-refractivity contribution in [1.29, 1.82) is 0 Å². The molecule has 0 aliphatic carbocycles. The van der Waals surface area contributed by atoms with Gasteiger partial charge in [-0.25, -0.2) is 0 Å². The van der Waals surface area contributed by atoms with Crippen LogP contribution >= 0.6 is 11.6 Å². The van der Waals surface area contributed by atoms with Crippen LogP contribution in [0.5, 0.6) is 0 Å². The first-order valence-corrected chi connectivity index (χ1v) is 7.83. The summed E-state index contributed by atoms with van der Waals surface area (Å²) in [7, 11) is 0. The smallest absolute Gasteiger partial charge is 0.220 e. The summed E-state index contributed by atoms with van der Waals surface area (Å²) in [6.45, 7) is 2.96. The van der Waals surface area contributed by atoms with Gasteiger partial charge in [0, 0.05) is 18.0 Å². The molecule has 1 heterocycles. The molecule has 0 bridgehead atoms. The Kier molecular flexibility index (Phi) is 6.34. The molecule has 1 amide bonds. The molecule has 1 aliphatic heterocycles. The van der Waals surface area contributed by atoms with E-state index in [1.807, 2.05) is 24.3 Å². The first-order valence-electron chi connectivity index (χ1n) is 7.46. The fraction of sp³-hybridized carbons (Fsp3) is 0.562. The summed E-state index contributed by atoms with van der Waals surface area (Å²) in [4.78, 5) is 11.8. The average molecular weight is 295 g/mol. The minimum absolute atomic E-state index is 0.171. The molecule has 110 valence electrons. The molecular formula is C16H23ClN2O. The van der Waals surface area contributed by atoms with E-state index in [0.29, 0.717) is 12.3 Å². The van der Waals surface area contributed by atoms with Crippen molar-refractivity contribution in [3.05, 3.63) is 34.9 Å². The van der Waals surface area contributed by atoms with Crippen molar-refractivity contribution in [2.75, 3.05) is 19.6 Å². The number of carbonyl (C=O) groups excluding carboxylic acids is 1. The zero-order chi connectivity index (χ0) is 14.2. The Morgan fingerprint density at radius 3 is 2.85 bits per heavy atom. The van der Waals surface area contributed by atoms with Crippen LogP contribution in [-0.2, 0) is 11.2 Å². The molecule has 1 fully saturated rings. The minimum atomic E-state index is 0.171. The number of rotatable bonds is 6. The summed E-state index contributed by atoms with van der Waals surface area (Å²) in [6.07, 6.45) is 4.85. The number of carbonyl (C=O) groups is 1. The van der Waals surface area contributed by atoms with Crippen molar-refractivity contribution in [2.45, 2.75) is 32.1 Å². The molecule has 0 radical (unpaired) electrons. The highest BCUT2D eigenvalue weighted by molar-refractivity contribution is 6.30. The third kappa shape index (κ3) is 5.51. The number of hydrogen-bond donors (Lipinski definition) is 2. The summed E-state index contributed by atoms with van der Waals surface area (Å²) in [5, 5.41) is 7.17. The van der Waals surface area contributed by atoms with Gasteiger partial charge in [-0.1, -0.05) is 23.7 Å². The lowest BCUT2D eigenvalue weighted by molar-refractivity contribution is -0.121. The summed E-state index contributed by atoms with van der Waals surface area (Å²) in [6, 6.07) is 7.84. The predicted molar refractivity (Wildman–Crippen MR) is 83.0 cm³/mol. The molecule has 0 spiro atoms. The van der Waals surface area contributed by atoms with Crippen molar-refractivity contribution in [3.8, 4) is 0 Å². The van der Waals surface area contributed by atoms with E-state index in [1.165, 1.54) is 18.4 Å². The maximum atomic E-state index is 11.8. The maximum absolute atomic E-state index is 11.8. The zero-order valence-electron chi connectivity index (χ0n) is 11.8. The van der Waals surface area contributed by atoms with Crippen LogP contribution < -0.4 is 10.6 Å². The lowest BCUT2D eigenvalue weighted by Crippen LogP contribution is -2.38. The summed E-state index contributed by atoms with van der Waals surface area (Å²) >= 11 is 5.84. The molecule has 1 aromatic rings. The molecule has 0 aromatic heterocycles. The number of aryl methyl sites for hydroxylation is 1. The average Bonchev–Trinajstić information content (AvgIpc) is 2.48. The highest BCUT2D eigenvalue weighted by Crippen LogP contribution is 2.12. The van der Waals surface area contributed by atoms with Gasteiger partial charge in [0.1, 0.15) is 0 Å². The number of nitrogens with one attached hydrogen (secondary N) is 2. The first kappa shape index (κ1) is 15.3. The highest BCUT2D eigenvalue weighted by Gasteiger charge is 2.13. The Hall–Kier alpha value is -1.06. The van der Waals surface area contributed by atoms with Crippen LogP contribution in [0, 0.1) is 5.92 Å². The molecule has 3 nitrogen and oxygen atoms in total. The minimum Gasteiger partial charge on any atom is -0.356 e. The number of piperidine rings is 1. The van der Waals surface area contributed by atoms with Crippen LogP contribution in [0.25, 0.3) is 0 Å². The Balaban J connectivity index is 1.58. The molecule has 2 rings (SSSR count). The van der Waals surface area contributed by atoms with Gasteiger partial charge in [-0.05, 0) is 62.4 Å². The summed E-state index contributed by atoms with van der Waals surface area (Å²) in [5.74, 6) is 0.772. The molecule has 0 saturated carbocycles. The molecule has 1 atom stereocenters. The van der Waals surface area contributed by atoms with Crippen molar-refractivity contribution in [3.63, 3.8) is 0 Å². The van der Waals surface area contributed by atoms with Gasteiger partial charge in [0.2, 0.25) is 5.91 Å². The fourth-order valence-electron chi connectivity index (χ4n) is 2.55. The maximum Gasteiger partial charge on any atom is 0.220 e. The number of hydrogen-bond acceptors (Lipinski definition) is 2. The van der Waals surface area contributed by atoms with E-state index in [9.17, 15) is 4.79 Å². The van der Waals surface area contributed by atoms with E-state index in [4.69, 9.17) is 11.6 Å². The Bertz CT molecular complexity index is 413. The first-order chi connectivity index (χ1) is 9.74. The Labute approximate surface area is 126 Å². The fourth-order valence-corrected chi connectivity index (χ4v) is 2.67. The number of halogens is 1.